The molecule has 1 atom stereocenters. The van der Waals surface area contributed by atoms with Crippen molar-refractivity contribution in [2.45, 2.75) is 13.3 Å². The molecule has 0 bridgehead atoms. The highest BCUT2D eigenvalue weighted by Crippen LogP contribution is 2.27. The maximum absolute atomic E-state index is 13.9. The molecule has 1 unspecified atom stereocenters. The summed E-state index contributed by atoms with van der Waals surface area (Å²) >= 11 is 0. The lowest BCUT2D eigenvalue weighted by Gasteiger charge is -2.14. The van der Waals surface area contributed by atoms with Crippen LogP contribution in [0.3, 0.4) is 0 Å². The molecule has 0 radical (unpaired) electrons. The van der Waals surface area contributed by atoms with E-state index >= 15 is 0 Å². The van der Waals surface area contributed by atoms with Gasteiger partial charge in [0.25, 0.3) is 0 Å². The highest BCUT2D eigenvalue weighted by molar-refractivity contribution is 5.90. The van der Waals surface area contributed by atoms with Gasteiger partial charge < -0.3 is 15.4 Å². The predicted molar refractivity (Wildman–Crippen MR) is 76.2 cm³/mol. The van der Waals surface area contributed by atoms with Gasteiger partial charge in [-0.3, -0.25) is 5.10 Å². The van der Waals surface area contributed by atoms with Crippen LogP contribution in [0.5, 0.6) is 5.75 Å². The molecular formula is C14H19FN4O. The molecule has 1 aromatic carbocycles. The maximum Gasteiger partial charge on any atom is 0.156 e. The molecule has 3 N–H and O–H groups in total. The first-order valence-electron chi connectivity index (χ1n) is 6.95. The van der Waals surface area contributed by atoms with Gasteiger partial charge in [-0.1, -0.05) is 6.92 Å². The zero-order valence-corrected chi connectivity index (χ0v) is 11.5. The van der Waals surface area contributed by atoms with E-state index in [0.717, 1.165) is 26.1 Å². The number of H-pyrrole nitrogens is 1. The van der Waals surface area contributed by atoms with E-state index in [-0.39, 0.29) is 5.82 Å². The lowest BCUT2D eigenvalue weighted by atomic mass is 10.1. The number of hydrogen-bond acceptors (Lipinski definition) is 4. The molecule has 2 heterocycles. The number of benzene rings is 1. The van der Waals surface area contributed by atoms with Crippen molar-refractivity contribution in [2.24, 2.45) is 5.92 Å². The van der Waals surface area contributed by atoms with Crippen LogP contribution in [0.1, 0.15) is 13.3 Å². The molecule has 1 aliphatic rings. The van der Waals surface area contributed by atoms with Crippen LogP contribution in [0.2, 0.25) is 0 Å². The highest BCUT2D eigenvalue weighted by atomic mass is 19.1. The smallest absolute Gasteiger partial charge is 0.156 e. The number of nitrogens with zero attached hydrogens (tertiary/aromatic N) is 2. The first-order valence-corrected chi connectivity index (χ1v) is 6.95. The quantitative estimate of drug-likeness (QED) is 0.897. The molecule has 3 rings (SSSR count). The van der Waals surface area contributed by atoms with E-state index < -0.39 is 5.82 Å². The monoisotopic (exact) mass is 278 g/mol. The number of nitrogen functional groups attached to an aromatic ring is 1. The molecule has 0 amide bonds. The Morgan fingerprint density at radius 1 is 1.55 bits per heavy atom. The molecule has 0 saturated carbocycles. The van der Waals surface area contributed by atoms with Crippen molar-refractivity contribution >= 4 is 16.7 Å². The van der Waals surface area contributed by atoms with Gasteiger partial charge >= 0.3 is 0 Å². The van der Waals surface area contributed by atoms with E-state index in [1.165, 1.54) is 6.07 Å². The van der Waals surface area contributed by atoms with Crippen molar-refractivity contribution < 1.29 is 9.13 Å². The van der Waals surface area contributed by atoms with Gasteiger partial charge in [0, 0.05) is 24.6 Å². The third kappa shape index (κ3) is 2.43. The van der Waals surface area contributed by atoms with Crippen molar-refractivity contribution in [2.75, 3.05) is 32.0 Å². The number of nitrogens with two attached hydrogens (primary N) is 1. The fraction of sp³-hybridized carbons (Fsp3) is 0.500. The van der Waals surface area contributed by atoms with Gasteiger partial charge in [-0.2, -0.15) is 5.10 Å². The average molecular weight is 278 g/mol. The Morgan fingerprint density at radius 3 is 3.15 bits per heavy atom. The number of nitrogens with one attached hydrogen (secondary N) is 1. The SMILES string of the molecule is CCN1CCC(COc2cc(F)c3c(N)n[nH]c3c2)C1. The van der Waals surface area contributed by atoms with Gasteiger partial charge in [0.05, 0.1) is 17.5 Å². The summed E-state index contributed by atoms with van der Waals surface area (Å²) in [4.78, 5) is 2.40. The largest absolute Gasteiger partial charge is 0.493 e. The standard InChI is InChI=1S/C14H19FN4O/c1-2-19-4-3-9(7-19)8-20-10-5-11(15)13-12(6-10)17-18-14(13)16/h5-6,9H,2-4,7-8H2,1H3,(H3,16,17,18). The minimum absolute atomic E-state index is 0.179. The van der Waals surface area contributed by atoms with Gasteiger partial charge in [-0.15, -0.1) is 0 Å². The number of aromatic amines is 1. The Kier molecular flexibility index (Phi) is 3.48. The van der Waals surface area contributed by atoms with E-state index in [1.807, 2.05) is 0 Å². The molecule has 6 heteroatoms. The van der Waals surface area contributed by atoms with Gasteiger partial charge in [0.1, 0.15) is 11.6 Å². The van der Waals surface area contributed by atoms with Crippen molar-refractivity contribution in [3.05, 3.63) is 17.9 Å². The van der Waals surface area contributed by atoms with E-state index in [2.05, 4.69) is 22.0 Å². The Hall–Kier alpha value is -1.82. The minimum Gasteiger partial charge on any atom is -0.493 e. The number of hydrogen-bond donors (Lipinski definition) is 2. The second-order valence-electron chi connectivity index (χ2n) is 5.30. The van der Waals surface area contributed by atoms with Crippen LogP contribution in [0.25, 0.3) is 10.9 Å². The normalized spacial score (nSPS) is 19.8. The van der Waals surface area contributed by atoms with Gasteiger partial charge in [0.15, 0.2) is 5.82 Å². The minimum atomic E-state index is -0.398. The van der Waals surface area contributed by atoms with Gasteiger partial charge in [0.2, 0.25) is 0 Å². The molecule has 2 aromatic rings. The highest BCUT2D eigenvalue weighted by Gasteiger charge is 2.21. The van der Waals surface area contributed by atoms with E-state index in [0.29, 0.717) is 29.2 Å². The van der Waals surface area contributed by atoms with Crippen LogP contribution in [-0.4, -0.2) is 41.3 Å². The summed E-state index contributed by atoms with van der Waals surface area (Å²) in [6.45, 7) is 6.03. The Balaban J connectivity index is 1.69. The summed E-state index contributed by atoms with van der Waals surface area (Å²) in [6.07, 6.45) is 1.13. The second kappa shape index (κ2) is 5.28. The molecule has 1 aliphatic heterocycles. The summed E-state index contributed by atoms with van der Waals surface area (Å²) in [5.74, 6) is 0.818. The number of halogens is 1. The van der Waals surface area contributed by atoms with Crippen molar-refractivity contribution in [3.8, 4) is 5.75 Å². The molecule has 1 aromatic heterocycles. The maximum atomic E-state index is 13.9. The molecule has 20 heavy (non-hydrogen) atoms. The number of anilines is 1. The van der Waals surface area contributed by atoms with Crippen molar-refractivity contribution in [1.29, 1.82) is 0 Å². The van der Waals surface area contributed by atoms with E-state index in [9.17, 15) is 4.39 Å². The predicted octanol–water partition coefficient (Wildman–Crippen LogP) is 2.00. The van der Waals surface area contributed by atoms with Crippen LogP contribution in [0, 0.1) is 11.7 Å². The number of rotatable bonds is 4. The van der Waals surface area contributed by atoms with Crippen LogP contribution >= 0.6 is 0 Å². The van der Waals surface area contributed by atoms with E-state index in [1.54, 1.807) is 6.07 Å². The zero-order valence-electron chi connectivity index (χ0n) is 11.5. The Morgan fingerprint density at radius 2 is 2.40 bits per heavy atom. The molecule has 1 saturated heterocycles. The van der Waals surface area contributed by atoms with Crippen molar-refractivity contribution in [3.63, 3.8) is 0 Å². The fourth-order valence-electron chi connectivity index (χ4n) is 2.74. The summed E-state index contributed by atoms with van der Waals surface area (Å²) < 4.78 is 19.7. The molecule has 5 nitrogen and oxygen atoms in total. The van der Waals surface area contributed by atoms with Crippen LogP contribution in [0.15, 0.2) is 12.1 Å². The topological polar surface area (TPSA) is 67.2 Å². The van der Waals surface area contributed by atoms with Gasteiger partial charge in [-0.25, -0.2) is 4.39 Å². The Bertz CT molecular complexity index is 612. The lowest BCUT2D eigenvalue weighted by Crippen LogP contribution is -2.21. The molecular weight excluding hydrogens is 259 g/mol. The van der Waals surface area contributed by atoms with Crippen LogP contribution in [0.4, 0.5) is 10.2 Å². The third-order valence-corrected chi connectivity index (χ3v) is 3.92. The first-order chi connectivity index (χ1) is 9.67. The third-order valence-electron chi connectivity index (χ3n) is 3.92. The summed E-state index contributed by atoms with van der Waals surface area (Å²) in [5.41, 5.74) is 6.17. The van der Waals surface area contributed by atoms with Crippen LogP contribution in [-0.2, 0) is 0 Å². The molecule has 108 valence electrons. The van der Waals surface area contributed by atoms with Gasteiger partial charge in [-0.05, 0) is 19.5 Å². The summed E-state index contributed by atoms with van der Waals surface area (Å²) in [5, 5.41) is 6.85. The van der Waals surface area contributed by atoms with Crippen LogP contribution < -0.4 is 10.5 Å². The first kappa shape index (κ1) is 13.2. The number of fused-ring (bicyclic) bond motifs is 1. The zero-order chi connectivity index (χ0) is 14.1. The van der Waals surface area contributed by atoms with E-state index in [4.69, 9.17) is 10.5 Å². The summed E-state index contributed by atoms with van der Waals surface area (Å²) in [6, 6.07) is 3.12. The number of ether oxygens (including phenoxy) is 1. The Labute approximate surface area is 116 Å². The molecule has 1 fully saturated rings. The molecule has 0 aliphatic carbocycles. The average Bonchev–Trinajstić information content (AvgIpc) is 3.03. The number of aromatic nitrogens is 2. The summed E-state index contributed by atoms with van der Waals surface area (Å²) in [7, 11) is 0. The second-order valence-corrected chi connectivity index (χ2v) is 5.30. The number of likely N-dealkylation sites (tertiary alicyclic amines) is 1. The lowest BCUT2D eigenvalue weighted by molar-refractivity contribution is 0.243. The van der Waals surface area contributed by atoms with Crippen molar-refractivity contribution in [1.82, 2.24) is 15.1 Å². The fourth-order valence-corrected chi connectivity index (χ4v) is 2.74. The molecule has 0 spiro atoms.